The lowest BCUT2D eigenvalue weighted by Crippen LogP contribution is -2.37. The molecule has 0 amide bonds. The zero-order valence-corrected chi connectivity index (χ0v) is 10.8. The van der Waals surface area contributed by atoms with Gasteiger partial charge >= 0.3 is 0 Å². The monoisotopic (exact) mass is 239 g/mol. The van der Waals surface area contributed by atoms with Crippen LogP contribution in [-0.4, -0.2) is 60.0 Å². The molecule has 0 saturated carbocycles. The highest BCUT2D eigenvalue weighted by Gasteiger charge is 2.15. The minimum atomic E-state index is 0.945. The van der Waals surface area contributed by atoms with Crippen molar-refractivity contribution in [3.05, 3.63) is 0 Å². The molecule has 98 valence electrons. The summed E-state index contributed by atoms with van der Waals surface area (Å²) >= 11 is 0. The van der Waals surface area contributed by atoms with Crippen LogP contribution >= 0.6 is 0 Å². The molecule has 0 atom stereocenters. The molecule has 17 heavy (non-hydrogen) atoms. The lowest BCUT2D eigenvalue weighted by molar-refractivity contribution is 0.201. The third kappa shape index (κ3) is 4.28. The minimum absolute atomic E-state index is 0.945. The molecule has 0 bridgehead atoms. The summed E-state index contributed by atoms with van der Waals surface area (Å²) in [4.78, 5) is 5.10. The molecule has 4 nitrogen and oxygen atoms in total. The largest absolute Gasteiger partial charge is 0.411 e. The Bertz CT molecular complexity index is 239. The summed E-state index contributed by atoms with van der Waals surface area (Å²) in [6.07, 6.45) is 7.37. The van der Waals surface area contributed by atoms with Crippen molar-refractivity contribution in [2.75, 3.05) is 39.3 Å². The molecule has 0 aromatic carbocycles. The van der Waals surface area contributed by atoms with Gasteiger partial charge in [-0.25, -0.2) is 0 Å². The zero-order valence-electron chi connectivity index (χ0n) is 10.8. The number of nitrogens with zero attached hydrogens (tertiary/aromatic N) is 3. The third-order valence-electron chi connectivity index (χ3n) is 3.97. The van der Waals surface area contributed by atoms with Gasteiger partial charge in [-0.05, 0) is 45.4 Å². The maximum Gasteiger partial charge on any atom is 0.0596 e. The van der Waals surface area contributed by atoms with Gasteiger partial charge in [0.2, 0.25) is 0 Å². The normalized spacial score (nSPS) is 23.9. The lowest BCUT2D eigenvalue weighted by Gasteiger charge is -2.30. The molecular weight excluding hydrogens is 214 g/mol. The van der Waals surface area contributed by atoms with Crippen LogP contribution in [-0.2, 0) is 0 Å². The van der Waals surface area contributed by atoms with E-state index < -0.39 is 0 Å². The van der Waals surface area contributed by atoms with Crippen LogP contribution in [0.25, 0.3) is 0 Å². The minimum Gasteiger partial charge on any atom is -0.411 e. The van der Waals surface area contributed by atoms with Gasteiger partial charge < -0.3 is 15.0 Å². The Labute approximate surface area is 104 Å². The Kier molecular flexibility index (Phi) is 5.26. The van der Waals surface area contributed by atoms with Crippen LogP contribution in [0.4, 0.5) is 0 Å². The van der Waals surface area contributed by atoms with Crippen molar-refractivity contribution in [3.8, 4) is 0 Å². The second-order valence-electron chi connectivity index (χ2n) is 5.26. The van der Waals surface area contributed by atoms with E-state index in [1.165, 1.54) is 51.9 Å². The van der Waals surface area contributed by atoms with Gasteiger partial charge in [0.15, 0.2) is 0 Å². The highest BCUT2D eigenvalue weighted by atomic mass is 16.4. The molecule has 0 unspecified atom stereocenters. The Hall–Kier alpha value is -0.610. The highest BCUT2D eigenvalue weighted by molar-refractivity contribution is 5.84. The second kappa shape index (κ2) is 6.97. The maximum absolute atomic E-state index is 8.69. The summed E-state index contributed by atoms with van der Waals surface area (Å²) in [5, 5.41) is 12.0. The van der Waals surface area contributed by atoms with E-state index in [-0.39, 0.29) is 0 Å². The number of hydrogen-bond acceptors (Lipinski definition) is 4. The van der Waals surface area contributed by atoms with Gasteiger partial charge in [0.25, 0.3) is 0 Å². The van der Waals surface area contributed by atoms with Crippen LogP contribution < -0.4 is 0 Å². The van der Waals surface area contributed by atoms with Crippen molar-refractivity contribution in [3.63, 3.8) is 0 Å². The van der Waals surface area contributed by atoms with Gasteiger partial charge in [-0.2, -0.15) is 0 Å². The summed E-state index contributed by atoms with van der Waals surface area (Å²) in [5.41, 5.74) is 0.970. The molecule has 2 aliphatic rings. The number of oxime groups is 1. The van der Waals surface area contributed by atoms with E-state index >= 15 is 0 Å². The molecule has 2 heterocycles. The molecule has 2 saturated heterocycles. The summed E-state index contributed by atoms with van der Waals surface area (Å²) < 4.78 is 0. The fraction of sp³-hybridized carbons (Fsp3) is 0.923. The molecular formula is C13H25N3O. The fourth-order valence-corrected chi connectivity index (χ4v) is 2.84. The van der Waals surface area contributed by atoms with E-state index in [4.69, 9.17) is 5.21 Å². The molecule has 2 rings (SSSR count). The maximum atomic E-state index is 8.69. The van der Waals surface area contributed by atoms with Crippen LogP contribution in [0.3, 0.4) is 0 Å². The topological polar surface area (TPSA) is 39.1 Å². The Morgan fingerprint density at radius 1 is 0.882 bits per heavy atom. The first-order valence-corrected chi connectivity index (χ1v) is 7.03. The predicted octanol–water partition coefficient (Wildman–Crippen LogP) is 1.79. The van der Waals surface area contributed by atoms with Crippen molar-refractivity contribution >= 4 is 5.71 Å². The second-order valence-corrected chi connectivity index (χ2v) is 5.26. The average Bonchev–Trinajstić information content (AvgIpc) is 2.41. The number of likely N-dealkylation sites (tertiary alicyclic amines) is 2. The van der Waals surface area contributed by atoms with Gasteiger partial charge in [-0.3, -0.25) is 0 Å². The van der Waals surface area contributed by atoms with E-state index in [1.807, 2.05) is 0 Å². The summed E-state index contributed by atoms with van der Waals surface area (Å²) in [5.74, 6) is 0. The lowest BCUT2D eigenvalue weighted by atomic mass is 10.1. The Morgan fingerprint density at radius 2 is 1.47 bits per heavy atom. The number of piperidine rings is 2. The van der Waals surface area contributed by atoms with Gasteiger partial charge in [-0.1, -0.05) is 11.6 Å². The molecule has 4 heteroatoms. The van der Waals surface area contributed by atoms with E-state index in [1.54, 1.807) is 0 Å². The van der Waals surface area contributed by atoms with Crippen LogP contribution in [0.15, 0.2) is 5.16 Å². The zero-order chi connectivity index (χ0) is 11.9. The summed E-state index contributed by atoms with van der Waals surface area (Å²) in [6.45, 7) is 7.22. The Balaban J connectivity index is 1.56. The molecule has 0 aromatic heterocycles. The van der Waals surface area contributed by atoms with E-state index in [2.05, 4.69) is 15.0 Å². The molecule has 0 aromatic rings. The predicted molar refractivity (Wildman–Crippen MR) is 69.8 cm³/mol. The van der Waals surface area contributed by atoms with Crippen molar-refractivity contribution in [1.29, 1.82) is 0 Å². The van der Waals surface area contributed by atoms with E-state index in [0.717, 1.165) is 31.6 Å². The molecule has 2 fully saturated rings. The molecule has 0 spiro atoms. The van der Waals surface area contributed by atoms with Gasteiger partial charge in [0.05, 0.1) is 5.71 Å². The summed E-state index contributed by atoms with van der Waals surface area (Å²) in [7, 11) is 0. The number of rotatable bonds is 4. The van der Waals surface area contributed by atoms with Crippen LogP contribution in [0.5, 0.6) is 0 Å². The number of hydrogen-bond donors (Lipinski definition) is 1. The van der Waals surface area contributed by atoms with Crippen LogP contribution in [0.2, 0.25) is 0 Å². The van der Waals surface area contributed by atoms with E-state index in [0.29, 0.717) is 0 Å². The quantitative estimate of drug-likeness (QED) is 0.600. The first kappa shape index (κ1) is 12.8. The SMILES string of the molecule is ON=C1CCN(CCCN2CCCCC2)CC1. The first-order valence-electron chi connectivity index (χ1n) is 7.03. The van der Waals surface area contributed by atoms with Gasteiger partial charge in [0.1, 0.15) is 0 Å². The van der Waals surface area contributed by atoms with Gasteiger partial charge in [-0.15, -0.1) is 0 Å². The van der Waals surface area contributed by atoms with Crippen molar-refractivity contribution in [1.82, 2.24) is 9.80 Å². The molecule has 0 radical (unpaired) electrons. The van der Waals surface area contributed by atoms with Crippen molar-refractivity contribution in [2.45, 2.75) is 38.5 Å². The fourth-order valence-electron chi connectivity index (χ4n) is 2.84. The molecule has 2 aliphatic heterocycles. The first-order chi connectivity index (χ1) is 8.38. The Morgan fingerprint density at radius 3 is 2.06 bits per heavy atom. The standard InChI is InChI=1S/C13H25N3O/c17-14-13-5-11-16(12-6-13)10-4-9-15-7-2-1-3-8-15/h17H,1-12H2. The molecule has 0 aliphatic carbocycles. The third-order valence-corrected chi connectivity index (χ3v) is 3.97. The average molecular weight is 239 g/mol. The van der Waals surface area contributed by atoms with Crippen LogP contribution in [0.1, 0.15) is 38.5 Å². The van der Waals surface area contributed by atoms with Crippen LogP contribution in [0, 0.1) is 0 Å². The highest BCUT2D eigenvalue weighted by Crippen LogP contribution is 2.10. The smallest absolute Gasteiger partial charge is 0.0596 e. The van der Waals surface area contributed by atoms with E-state index in [9.17, 15) is 0 Å². The van der Waals surface area contributed by atoms with Crippen molar-refractivity contribution in [2.24, 2.45) is 5.16 Å². The molecule has 1 N–H and O–H groups in total. The summed E-state index contributed by atoms with van der Waals surface area (Å²) in [6, 6.07) is 0. The van der Waals surface area contributed by atoms with Crippen molar-refractivity contribution < 1.29 is 5.21 Å². The van der Waals surface area contributed by atoms with Gasteiger partial charge in [0, 0.05) is 25.9 Å².